The van der Waals surface area contributed by atoms with Crippen LogP contribution in [-0.2, 0) is 16.1 Å². The molecular formula is C18H17ClFN5O2S. The Morgan fingerprint density at radius 2 is 2.25 bits per heavy atom. The van der Waals surface area contributed by atoms with Crippen molar-refractivity contribution >= 4 is 51.3 Å². The first-order valence-electron chi connectivity index (χ1n) is 8.68. The summed E-state index contributed by atoms with van der Waals surface area (Å²) in [6.07, 6.45) is 3.62. The van der Waals surface area contributed by atoms with Crippen LogP contribution >= 0.6 is 22.9 Å². The highest BCUT2D eigenvalue weighted by atomic mass is 35.5. The van der Waals surface area contributed by atoms with Crippen molar-refractivity contribution < 1.29 is 14.0 Å². The molecule has 2 atom stereocenters. The Morgan fingerprint density at radius 1 is 1.43 bits per heavy atom. The van der Waals surface area contributed by atoms with Gasteiger partial charge in [-0.05, 0) is 19.1 Å². The first-order chi connectivity index (χ1) is 13.4. The number of nitrogens with zero attached hydrogens (tertiary/aromatic N) is 4. The minimum Gasteiger partial charge on any atom is -0.326 e. The first-order valence-corrected chi connectivity index (χ1v) is 9.87. The van der Waals surface area contributed by atoms with Crippen molar-refractivity contribution in [2.24, 2.45) is 0 Å². The Labute approximate surface area is 169 Å². The molecule has 0 unspecified atom stereocenters. The van der Waals surface area contributed by atoms with Gasteiger partial charge in [0.05, 0.1) is 34.5 Å². The summed E-state index contributed by atoms with van der Waals surface area (Å²) in [5.41, 5.74) is 1.29. The molecule has 3 aromatic heterocycles. The third-order valence-corrected chi connectivity index (χ3v) is 5.93. The average molecular weight is 422 g/mol. The zero-order chi connectivity index (χ0) is 19.8. The monoisotopic (exact) mass is 421 g/mol. The third kappa shape index (κ3) is 3.59. The van der Waals surface area contributed by atoms with Crippen molar-refractivity contribution in [1.29, 1.82) is 0 Å². The molecule has 0 bridgehead atoms. The van der Waals surface area contributed by atoms with E-state index in [2.05, 4.69) is 15.4 Å². The number of rotatable bonds is 4. The molecule has 2 amide bonds. The number of fused-ring (bicyclic) bond motifs is 1. The molecule has 0 aliphatic carbocycles. The van der Waals surface area contributed by atoms with Gasteiger partial charge in [0.25, 0.3) is 0 Å². The molecule has 4 rings (SSSR count). The normalized spacial score (nSPS) is 19.3. The predicted molar refractivity (Wildman–Crippen MR) is 105 cm³/mol. The van der Waals surface area contributed by atoms with E-state index >= 15 is 0 Å². The lowest BCUT2D eigenvalue weighted by Gasteiger charge is -2.23. The Hall–Kier alpha value is -2.52. The first kappa shape index (κ1) is 18.8. The van der Waals surface area contributed by atoms with Crippen molar-refractivity contribution in [2.75, 3.05) is 11.9 Å². The van der Waals surface area contributed by atoms with Crippen molar-refractivity contribution in [1.82, 2.24) is 19.7 Å². The highest BCUT2D eigenvalue weighted by Gasteiger charge is 2.40. The largest absolute Gasteiger partial charge is 0.326 e. The highest BCUT2D eigenvalue weighted by Crippen LogP contribution is 2.31. The van der Waals surface area contributed by atoms with Crippen molar-refractivity contribution in [3.63, 3.8) is 0 Å². The second-order valence-electron chi connectivity index (χ2n) is 6.64. The number of carbonyl (C=O) groups is 2. The van der Waals surface area contributed by atoms with E-state index in [0.29, 0.717) is 15.5 Å². The number of aryl methyl sites for hydroxylation is 1. The van der Waals surface area contributed by atoms with Crippen molar-refractivity contribution in [3.8, 4) is 0 Å². The highest BCUT2D eigenvalue weighted by molar-refractivity contribution is 7.16. The summed E-state index contributed by atoms with van der Waals surface area (Å²) in [6.45, 7) is 1.63. The van der Waals surface area contributed by atoms with Gasteiger partial charge in [0, 0.05) is 22.9 Å². The summed E-state index contributed by atoms with van der Waals surface area (Å²) in [5, 5.41) is 7.81. The fourth-order valence-electron chi connectivity index (χ4n) is 3.36. The molecule has 0 spiro atoms. The smallest absolute Gasteiger partial charge is 0.247 e. The van der Waals surface area contributed by atoms with Crippen LogP contribution in [0.3, 0.4) is 0 Å². The topological polar surface area (TPSA) is 80.1 Å². The molecular weight excluding hydrogens is 405 g/mol. The molecule has 1 fully saturated rings. The quantitative estimate of drug-likeness (QED) is 0.702. The average Bonchev–Trinajstić information content (AvgIpc) is 3.33. The Balaban J connectivity index is 1.51. The zero-order valence-electron chi connectivity index (χ0n) is 14.9. The van der Waals surface area contributed by atoms with Gasteiger partial charge in [0.2, 0.25) is 11.8 Å². The lowest BCUT2D eigenvalue weighted by atomic mass is 10.2. The van der Waals surface area contributed by atoms with Crippen molar-refractivity contribution in [3.05, 3.63) is 39.9 Å². The van der Waals surface area contributed by atoms with Gasteiger partial charge in [-0.25, -0.2) is 4.39 Å². The zero-order valence-corrected chi connectivity index (χ0v) is 16.5. The van der Waals surface area contributed by atoms with Crippen LogP contribution in [0.25, 0.3) is 10.9 Å². The Bertz CT molecular complexity index is 1050. The summed E-state index contributed by atoms with van der Waals surface area (Å²) < 4.78 is 16.1. The molecule has 1 aliphatic heterocycles. The van der Waals surface area contributed by atoms with Gasteiger partial charge in [0.1, 0.15) is 18.8 Å². The number of nitrogens with one attached hydrogen (secondary N) is 1. The van der Waals surface area contributed by atoms with Gasteiger partial charge in [0.15, 0.2) is 0 Å². The van der Waals surface area contributed by atoms with E-state index in [9.17, 15) is 14.0 Å². The molecule has 0 saturated carbocycles. The van der Waals surface area contributed by atoms with Gasteiger partial charge >= 0.3 is 0 Å². The van der Waals surface area contributed by atoms with Gasteiger partial charge in [-0.2, -0.15) is 5.10 Å². The molecule has 0 radical (unpaired) electrons. The van der Waals surface area contributed by atoms with E-state index in [1.54, 1.807) is 30.7 Å². The van der Waals surface area contributed by atoms with E-state index in [0.717, 1.165) is 10.3 Å². The number of hydrogen-bond donors (Lipinski definition) is 1. The fraction of sp³-hybridized carbons (Fsp3) is 0.333. The minimum absolute atomic E-state index is 0.0318. The predicted octanol–water partition coefficient (Wildman–Crippen LogP) is 3.03. The minimum atomic E-state index is -1.25. The lowest BCUT2D eigenvalue weighted by molar-refractivity contribution is -0.137. The summed E-state index contributed by atoms with van der Waals surface area (Å²) in [6, 6.07) is 2.57. The van der Waals surface area contributed by atoms with Gasteiger partial charge < -0.3 is 10.2 Å². The summed E-state index contributed by atoms with van der Waals surface area (Å²) in [4.78, 5) is 31.7. The van der Waals surface area contributed by atoms with Crippen LogP contribution in [0.4, 0.5) is 10.1 Å². The second kappa shape index (κ2) is 7.48. The van der Waals surface area contributed by atoms with E-state index in [1.165, 1.54) is 20.9 Å². The Kier molecular flexibility index (Phi) is 5.03. The fourth-order valence-corrected chi connectivity index (χ4v) is 4.50. The number of halogens is 2. The standard InChI is InChI=1S/C18H17ClFN5O2S/c1-10-13(5-16(19)28-10)23-18(27)14-4-12(20)8-24(14)17(26)9-25-15-7-21-3-2-11(15)6-22-25/h2-3,5-7,12,14H,4,8-9H2,1H3,(H,23,27)/t12-,14+/m1/s1. The molecule has 10 heteroatoms. The number of anilines is 1. The van der Waals surface area contributed by atoms with E-state index in [-0.39, 0.29) is 25.4 Å². The molecule has 0 aromatic carbocycles. The number of carbonyl (C=O) groups excluding carboxylic acids is 2. The molecule has 7 nitrogen and oxygen atoms in total. The number of alkyl halides is 1. The summed E-state index contributed by atoms with van der Waals surface area (Å²) in [5.74, 6) is -0.785. The van der Waals surface area contributed by atoms with Crippen LogP contribution in [0.5, 0.6) is 0 Å². The van der Waals surface area contributed by atoms with Crippen LogP contribution in [-0.4, -0.2) is 50.2 Å². The SMILES string of the molecule is Cc1sc(Cl)cc1NC(=O)[C@@H]1C[C@@H](F)CN1C(=O)Cn1ncc2ccncc21. The maximum atomic E-state index is 14.1. The maximum absolute atomic E-state index is 14.1. The van der Waals surface area contributed by atoms with E-state index < -0.39 is 18.1 Å². The molecule has 146 valence electrons. The number of amides is 2. The van der Waals surface area contributed by atoms with Crippen LogP contribution in [0.15, 0.2) is 30.7 Å². The van der Waals surface area contributed by atoms with Crippen LogP contribution in [0, 0.1) is 6.92 Å². The molecule has 4 heterocycles. The van der Waals surface area contributed by atoms with Gasteiger partial charge in [-0.3, -0.25) is 19.3 Å². The summed E-state index contributed by atoms with van der Waals surface area (Å²) >= 11 is 7.31. The van der Waals surface area contributed by atoms with Crippen LogP contribution in [0.2, 0.25) is 4.34 Å². The number of aromatic nitrogens is 3. The number of thiophene rings is 1. The number of likely N-dealkylation sites (tertiary alicyclic amines) is 1. The molecule has 28 heavy (non-hydrogen) atoms. The lowest BCUT2D eigenvalue weighted by Crippen LogP contribution is -2.44. The van der Waals surface area contributed by atoms with Gasteiger partial charge in [-0.1, -0.05) is 11.6 Å². The van der Waals surface area contributed by atoms with Crippen LogP contribution < -0.4 is 5.32 Å². The molecule has 1 N–H and O–H groups in total. The number of hydrogen-bond acceptors (Lipinski definition) is 5. The van der Waals surface area contributed by atoms with E-state index in [4.69, 9.17) is 11.6 Å². The molecule has 3 aromatic rings. The molecule has 1 saturated heterocycles. The second-order valence-corrected chi connectivity index (χ2v) is 8.53. The van der Waals surface area contributed by atoms with Crippen LogP contribution in [0.1, 0.15) is 11.3 Å². The van der Waals surface area contributed by atoms with Gasteiger partial charge in [-0.15, -0.1) is 11.3 Å². The Morgan fingerprint density at radius 3 is 3.00 bits per heavy atom. The maximum Gasteiger partial charge on any atom is 0.247 e. The van der Waals surface area contributed by atoms with E-state index in [1.807, 2.05) is 6.92 Å². The summed E-state index contributed by atoms with van der Waals surface area (Å²) in [7, 11) is 0. The van der Waals surface area contributed by atoms with Crippen molar-refractivity contribution in [2.45, 2.75) is 32.1 Å². The third-order valence-electron chi connectivity index (χ3n) is 4.75. The molecule has 1 aliphatic rings. The number of pyridine rings is 1.